The van der Waals surface area contributed by atoms with Crippen molar-refractivity contribution in [1.29, 1.82) is 0 Å². The Morgan fingerprint density at radius 2 is 2.00 bits per heavy atom. The Labute approximate surface area is 133 Å². The van der Waals surface area contributed by atoms with Gasteiger partial charge in [0.15, 0.2) is 0 Å². The van der Waals surface area contributed by atoms with Crippen LogP contribution in [0.1, 0.15) is 51.8 Å². The number of rotatable bonds is 10. The van der Waals surface area contributed by atoms with Crippen LogP contribution in [0, 0.1) is 0 Å². The highest BCUT2D eigenvalue weighted by atomic mass is 32.2. The van der Waals surface area contributed by atoms with Crippen molar-refractivity contribution < 1.29 is 0 Å². The zero-order valence-electron chi connectivity index (χ0n) is 13.6. The van der Waals surface area contributed by atoms with E-state index in [9.17, 15) is 0 Å². The molecule has 0 unspecified atom stereocenters. The number of nitrogens with one attached hydrogen (secondary N) is 1. The number of anilines is 1. The Kier molecular flexibility index (Phi) is 6.77. The van der Waals surface area contributed by atoms with Crippen molar-refractivity contribution in [3.05, 3.63) is 11.9 Å². The summed E-state index contributed by atoms with van der Waals surface area (Å²) in [6.45, 7) is 11.0. The van der Waals surface area contributed by atoms with Gasteiger partial charge in [0.2, 0.25) is 0 Å². The van der Waals surface area contributed by atoms with Gasteiger partial charge in [0.05, 0.1) is 0 Å². The van der Waals surface area contributed by atoms with Crippen molar-refractivity contribution in [2.24, 2.45) is 0 Å². The molecule has 1 aromatic heterocycles. The lowest BCUT2D eigenvalue weighted by Gasteiger charge is -2.17. The fourth-order valence-corrected chi connectivity index (χ4v) is 3.12. The third-order valence-corrected chi connectivity index (χ3v) is 4.66. The summed E-state index contributed by atoms with van der Waals surface area (Å²) in [5.74, 6) is 3.74. The average molecular weight is 308 g/mol. The van der Waals surface area contributed by atoms with E-state index in [0.717, 1.165) is 55.0 Å². The van der Waals surface area contributed by atoms with Crippen LogP contribution in [0.15, 0.2) is 11.1 Å². The maximum absolute atomic E-state index is 4.75. The van der Waals surface area contributed by atoms with Crippen molar-refractivity contribution >= 4 is 17.6 Å². The Balaban J connectivity index is 1.95. The topological polar surface area (TPSA) is 41.0 Å². The molecule has 4 nitrogen and oxygen atoms in total. The van der Waals surface area contributed by atoms with E-state index in [2.05, 4.69) is 42.0 Å². The van der Waals surface area contributed by atoms with Crippen LogP contribution in [0.5, 0.6) is 0 Å². The lowest BCUT2D eigenvalue weighted by atomic mass is 10.4. The molecule has 0 aromatic carbocycles. The second-order valence-corrected chi connectivity index (χ2v) is 6.64. The molecule has 1 aliphatic carbocycles. The maximum atomic E-state index is 4.75. The summed E-state index contributed by atoms with van der Waals surface area (Å²) in [4.78, 5) is 11.9. The zero-order chi connectivity index (χ0) is 15.1. The van der Waals surface area contributed by atoms with E-state index in [1.54, 1.807) is 0 Å². The second kappa shape index (κ2) is 8.59. The number of thioether (sulfide) groups is 1. The number of hydrogen-bond acceptors (Lipinski definition) is 5. The van der Waals surface area contributed by atoms with Crippen molar-refractivity contribution in [2.45, 2.75) is 51.0 Å². The van der Waals surface area contributed by atoms with E-state index in [1.807, 2.05) is 11.8 Å². The quantitative estimate of drug-likeness (QED) is 0.528. The molecule has 1 aromatic rings. The first-order valence-corrected chi connectivity index (χ1v) is 9.23. The third kappa shape index (κ3) is 5.47. The normalized spacial score (nSPS) is 14.7. The molecule has 0 aliphatic heterocycles. The first-order chi connectivity index (χ1) is 10.3. The van der Waals surface area contributed by atoms with Crippen LogP contribution in [-0.2, 0) is 0 Å². The molecule has 1 N–H and O–H groups in total. The van der Waals surface area contributed by atoms with Crippen LogP contribution in [-0.4, -0.2) is 46.8 Å². The molecule has 0 atom stereocenters. The number of nitrogens with zero attached hydrogens (tertiary/aromatic N) is 3. The lowest BCUT2D eigenvalue weighted by molar-refractivity contribution is 0.324. The minimum atomic E-state index is 0.607. The fourth-order valence-electron chi connectivity index (χ4n) is 2.20. The van der Waals surface area contributed by atoms with Crippen LogP contribution in [0.3, 0.4) is 0 Å². The van der Waals surface area contributed by atoms with Crippen LogP contribution in [0.2, 0.25) is 0 Å². The minimum Gasteiger partial charge on any atom is -0.370 e. The number of aromatic nitrogens is 2. The van der Waals surface area contributed by atoms with Crippen molar-refractivity contribution in [3.63, 3.8) is 0 Å². The summed E-state index contributed by atoms with van der Waals surface area (Å²) < 4.78 is 0. The molecule has 0 bridgehead atoms. The summed E-state index contributed by atoms with van der Waals surface area (Å²) >= 11 is 1.85. The Morgan fingerprint density at radius 3 is 2.62 bits per heavy atom. The van der Waals surface area contributed by atoms with Gasteiger partial charge in [-0.05, 0) is 32.4 Å². The largest absolute Gasteiger partial charge is 0.370 e. The van der Waals surface area contributed by atoms with Crippen LogP contribution < -0.4 is 5.32 Å². The van der Waals surface area contributed by atoms with Gasteiger partial charge in [-0.2, -0.15) is 0 Å². The fraction of sp³-hybridized carbons (Fsp3) is 0.750. The standard InChI is InChI=1S/C16H28N4S/c1-4-9-17-14-12-15(19-16(18-14)13-7-8-13)21-11-10-20(5-2)6-3/h12-13H,4-11H2,1-3H3,(H,17,18,19). The summed E-state index contributed by atoms with van der Waals surface area (Å²) in [5, 5.41) is 4.53. The lowest BCUT2D eigenvalue weighted by Crippen LogP contribution is -2.25. The molecule has 0 radical (unpaired) electrons. The highest BCUT2D eigenvalue weighted by Gasteiger charge is 2.27. The van der Waals surface area contributed by atoms with Gasteiger partial charge in [-0.1, -0.05) is 20.8 Å². The van der Waals surface area contributed by atoms with E-state index in [1.165, 1.54) is 12.8 Å². The smallest absolute Gasteiger partial charge is 0.135 e. The summed E-state index contributed by atoms with van der Waals surface area (Å²) in [7, 11) is 0. The predicted octanol–water partition coefficient (Wildman–Crippen LogP) is 3.61. The van der Waals surface area contributed by atoms with Crippen molar-refractivity contribution in [1.82, 2.24) is 14.9 Å². The molecule has 5 heteroatoms. The van der Waals surface area contributed by atoms with Gasteiger partial charge < -0.3 is 10.2 Å². The molecule has 21 heavy (non-hydrogen) atoms. The van der Waals surface area contributed by atoms with E-state index >= 15 is 0 Å². The molecular formula is C16H28N4S. The average Bonchev–Trinajstić information content (AvgIpc) is 3.34. The van der Waals surface area contributed by atoms with Gasteiger partial charge in [0.25, 0.3) is 0 Å². The van der Waals surface area contributed by atoms with E-state index in [0.29, 0.717) is 5.92 Å². The Morgan fingerprint density at radius 1 is 1.24 bits per heavy atom. The zero-order valence-corrected chi connectivity index (χ0v) is 14.4. The van der Waals surface area contributed by atoms with E-state index < -0.39 is 0 Å². The monoisotopic (exact) mass is 308 g/mol. The van der Waals surface area contributed by atoms with Gasteiger partial charge in [0, 0.05) is 30.8 Å². The van der Waals surface area contributed by atoms with Crippen molar-refractivity contribution in [3.8, 4) is 0 Å². The molecule has 1 saturated carbocycles. The molecule has 0 amide bonds. The van der Waals surface area contributed by atoms with Gasteiger partial charge in [-0.15, -0.1) is 11.8 Å². The highest BCUT2D eigenvalue weighted by Crippen LogP contribution is 2.39. The first-order valence-electron chi connectivity index (χ1n) is 8.24. The third-order valence-electron chi connectivity index (χ3n) is 3.77. The second-order valence-electron chi connectivity index (χ2n) is 5.53. The molecule has 1 fully saturated rings. The Hall–Kier alpha value is -0.810. The van der Waals surface area contributed by atoms with Gasteiger partial charge in [-0.3, -0.25) is 0 Å². The minimum absolute atomic E-state index is 0.607. The van der Waals surface area contributed by atoms with Gasteiger partial charge >= 0.3 is 0 Å². The predicted molar refractivity (Wildman–Crippen MR) is 91.3 cm³/mol. The molecule has 0 saturated heterocycles. The van der Waals surface area contributed by atoms with Gasteiger partial charge in [0.1, 0.15) is 16.7 Å². The van der Waals surface area contributed by atoms with E-state index in [-0.39, 0.29) is 0 Å². The van der Waals surface area contributed by atoms with Crippen molar-refractivity contribution in [2.75, 3.05) is 37.2 Å². The summed E-state index contributed by atoms with van der Waals surface area (Å²) in [5.41, 5.74) is 0. The van der Waals surface area contributed by atoms with Crippen LogP contribution >= 0.6 is 11.8 Å². The van der Waals surface area contributed by atoms with Crippen LogP contribution in [0.25, 0.3) is 0 Å². The highest BCUT2D eigenvalue weighted by molar-refractivity contribution is 7.99. The SMILES string of the molecule is CCCNc1cc(SCCN(CC)CC)nc(C2CC2)n1. The first kappa shape index (κ1) is 16.6. The number of hydrogen-bond donors (Lipinski definition) is 1. The molecule has 0 spiro atoms. The molecule has 118 valence electrons. The molecule has 2 rings (SSSR count). The summed E-state index contributed by atoms with van der Waals surface area (Å²) in [6.07, 6.45) is 3.62. The Bertz CT molecular complexity index is 430. The van der Waals surface area contributed by atoms with Gasteiger partial charge in [-0.25, -0.2) is 9.97 Å². The van der Waals surface area contributed by atoms with Crippen LogP contribution in [0.4, 0.5) is 5.82 Å². The molecule has 1 heterocycles. The molecular weight excluding hydrogens is 280 g/mol. The maximum Gasteiger partial charge on any atom is 0.135 e. The summed E-state index contributed by atoms with van der Waals surface area (Å²) in [6, 6.07) is 2.11. The molecule has 1 aliphatic rings. The van der Waals surface area contributed by atoms with E-state index in [4.69, 9.17) is 4.98 Å².